The van der Waals surface area contributed by atoms with Crippen LogP contribution in [0.3, 0.4) is 0 Å². The number of fused-ring (bicyclic) bond motifs is 1. The van der Waals surface area contributed by atoms with Crippen LogP contribution in [-0.2, 0) is 16.1 Å². The summed E-state index contributed by atoms with van der Waals surface area (Å²) in [4.78, 5) is 11.4. The van der Waals surface area contributed by atoms with Gasteiger partial charge in [0, 0.05) is 0 Å². The summed E-state index contributed by atoms with van der Waals surface area (Å²) < 4.78 is 23.4. The first-order valence-corrected chi connectivity index (χ1v) is 9.19. The van der Waals surface area contributed by atoms with Gasteiger partial charge in [0.25, 0.3) is 11.3 Å². The summed E-state index contributed by atoms with van der Waals surface area (Å²) in [6.07, 6.45) is -0.289. The lowest BCUT2D eigenvalue weighted by molar-refractivity contribution is -0.137. The summed E-state index contributed by atoms with van der Waals surface area (Å²) in [5, 5.41) is 11.3. The molecule has 3 rings (SSSR count). The lowest BCUT2D eigenvalue weighted by Crippen LogP contribution is -2.32. The molecule has 3 aromatic rings. The molecule has 0 saturated carbocycles. The highest BCUT2D eigenvalue weighted by Gasteiger charge is 2.28. The van der Waals surface area contributed by atoms with Crippen molar-refractivity contribution in [1.29, 1.82) is 0 Å². The third-order valence-corrected chi connectivity index (χ3v) is 5.04. The SMILES string of the molecule is Cc1cccc(C(CC(=O)O)N(c2ccc3ccccc3c2)S(=O)O)c1. The summed E-state index contributed by atoms with van der Waals surface area (Å²) in [7, 11) is 0. The maximum absolute atomic E-state index is 12.2. The van der Waals surface area contributed by atoms with Crippen molar-refractivity contribution in [3.8, 4) is 0 Å². The summed E-state index contributed by atoms with van der Waals surface area (Å²) in [6.45, 7) is 1.90. The van der Waals surface area contributed by atoms with E-state index in [1.54, 1.807) is 18.2 Å². The van der Waals surface area contributed by atoms with Crippen molar-refractivity contribution in [3.05, 3.63) is 77.9 Å². The first-order valence-electron chi connectivity index (χ1n) is 8.13. The smallest absolute Gasteiger partial charge is 0.305 e. The van der Waals surface area contributed by atoms with Gasteiger partial charge in [-0.15, -0.1) is 0 Å². The topological polar surface area (TPSA) is 77.8 Å². The van der Waals surface area contributed by atoms with Crippen LogP contribution in [0.4, 0.5) is 5.69 Å². The lowest BCUT2D eigenvalue weighted by Gasteiger charge is -2.29. The van der Waals surface area contributed by atoms with Gasteiger partial charge in [0.1, 0.15) is 0 Å². The molecule has 0 aliphatic carbocycles. The number of hydrogen-bond donors (Lipinski definition) is 2. The molecule has 2 atom stereocenters. The van der Waals surface area contributed by atoms with Gasteiger partial charge in [0.2, 0.25) is 0 Å². The molecule has 0 saturated heterocycles. The van der Waals surface area contributed by atoms with E-state index in [-0.39, 0.29) is 6.42 Å². The van der Waals surface area contributed by atoms with Crippen molar-refractivity contribution in [2.45, 2.75) is 19.4 Å². The van der Waals surface area contributed by atoms with Crippen molar-refractivity contribution >= 4 is 33.7 Å². The van der Waals surface area contributed by atoms with Crippen molar-refractivity contribution in [2.24, 2.45) is 0 Å². The van der Waals surface area contributed by atoms with Crippen LogP contribution in [0.1, 0.15) is 23.6 Å². The maximum Gasteiger partial charge on any atom is 0.305 e. The first-order chi connectivity index (χ1) is 12.5. The molecule has 5 nitrogen and oxygen atoms in total. The normalized spacial score (nSPS) is 13.3. The van der Waals surface area contributed by atoms with E-state index >= 15 is 0 Å². The number of carboxylic acids is 1. The van der Waals surface area contributed by atoms with Gasteiger partial charge in [-0.3, -0.25) is 13.7 Å². The van der Waals surface area contributed by atoms with Crippen molar-refractivity contribution in [1.82, 2.24) is 0 Å². The highest BCUT2D eigenvalue weighted by atomic mass is 32.2. The molecular formula is C20H19NO4S. The Bertz CT molecular complexity index is 973. The van der Waals surface area contributed by atoms with E-state index < -0.39 is 23.3 Å². The summed E-state index contributed by atoms with van der Waals surface area (Å²) in [5.74, 6) is -1.03. The largest absolute Gasteiger partial charge is 0.481 e. The Balaban J connectivity index is 2.12. The average molecular weight is 369 g/mol. The monoisotopic (exact) mass is 369 g/mol. The van der Waals surface area contributed by atoms with Gasteiger partial charge in [-0.25, -0.2) is 4.21 Å². The summed E-state index contributed by atoms with van der Waals surface area (Å²) in [5.41, 5.74) is 2.14. The number of aryl methyl sites for hydroxylation is 1. The molecule has 0 spiro atoms. The van der Waals surface area contributed by atoms with Crippen molar-refractivity contribution in [3.63, 3.8) is 0 Å². The second-order valence-corrected chi connectivity index (χ2v) is 6.97. The number of nitrogens with zero attached hydrogens (tertiary/aromatic N) is 1. The summed E-state index contributed by atoms with van der Waals surface area (Å²) >= 11 is -2.38. The van der Waals surface area contributed by atoms with Gasteiger partial charge in [-0.1, -0.05) is 60.2 Å². The van der Waals surface area contributed by atoms with Crippen LogP contribution >= 0.6 is 0 Å². The molecule has 0 amide bonds. The number of carboxylic acid groups (broad SMARTS) is 1. The zero-order valence-electron chi connectivity index (χ0n) is 14.2. The second kappa shape index (κ2) is 7.68. The molecule has 134 valence electrons. The Morgan fingerprint density at radius 3 is 2.42 bits per heavy atom. The fraction of sp³-hybridized carbons (Fsp3) is 0.150. The number of rotatable bonds is 6. The Labute approximate surface area is 154 Å². The Morgan fingerprint density at radius 2 is 1.77 bits per heavy atom. The first kappa shape index (κ1) is 18.1. The predicted molar refractivity (Wildman–Crippen MR) is 103 cm³/mol. The van der Waals surface area contributed by atoms with Gasteiger partial charge >= 0.3 is 5.97 Å². The van der Waals surface area contributed by atoms with Gasteiger partial charge in [-0.2, -0.15) is 0 Å². The van der Waals surface area contributed by atoms with Gasteiger partial charge in [-0.05, 0) is 35.4 Å². The fourth-order valence-corrected chi connectivity index (χ4v) is 3.78. The lowest BCUT2D eigenvalue weighted by atomic mass is 10.0. The van der Waals surface area contributed by atoms with E-state index in [0.29, 0.717) is 11.3 Å². The minimum Gasteiger partial charge on any atom is -0.481 e. The van der Waals surface area contributed by atoms with E-state index in [0.717, 1.165) is 16.3 Å². The van der Waals surface area contributed by atoms with E-state index in [2.05, 4.69) is 0 Å². The van der Waals surface area contributed by atoms with E-state index in [1.165, 1.54) is 4.31 Å². The Hall–Kier alpha value is -2.70. The molecule has 0 aliphatic heterocycles. The van der Waals surface area contributed by atoms with Crippen LogP contribution in [0, 0.1) is 6.92 Å². The molecule has 0 fully saturated rings. The molecule has 6 heteroatoms. The number of anilines is 1. The summed E-state index contributed by atoms with van der Waals surface area (Å²) in [6, 6.07) is 19.6. The second-order valence-electron chi connectivity index (χ2n) is 6.12. The van der Waals surface area contributed by atoms with Crippen LogP contribution in [0.5, 0.6) is 0 Å². The average Bonchev–Trinajstić information content (AvgIpc) is 2.60. The molecule has 0 aliphatic rings. The van der Waals surface area contributed by atoms with Gasteiger partial charge < -0.3 is 5.11 Å². The predicted octanol–water partition coefficient (Wildman–Crippen LogP) is 4.31. The van der Waals surface area contributed by atoms with Crippen molar-refractivity contribution in [2.75, 3.05) is 4.31 Å². The number of hydrogen-bond acceptors (Lipinski definition) is 2. The van der Waals surface area contributed by atoms with Crippen molar-refractivity contribution < 1.29 is 18.7 Å². The number of aliphatic carboxylic acids is 1. The molecular weight excluding hydrogens is 350 g/mol. The number of benzene rings is 3. The zero-order valence-corrected chi connectivity index (χ0v) is 15.0. The van der Waals surface area contributed by atoms with Crippen LogP contribution in [0.25, 0.3) is 10.8 Å². The Kier molecular flexibility index (Phi) is 5.35. The molecule has 0 radical (unpaired) electrons. The standard InChI is InChI=1S/C20H19NO4S/c1-14-5-4-8-17(11-14)19(13-20(22)23)21(26(24)25)18-10-9-15-6-2-3-7-16(15)12-18/h2-12,19H,13H2,1H3,(H,22,23)(H,24,25). The molecule has 0 heterocycles. The fourth-order valence-electron chi connectivity index (χ4n) is 3.07. The maximum atomic E-state index is 12.2. The molecule has 0 aromatic heterocycles. The molecule has 3 aromatic carbocycles. The minimum atomic E-state index is -2.38. The van der Waals surface area contributed by atoms with Crippen LogP contribution in [0.2, 0.25) is 0 Å². The highest BCUT2D eigenvalue weighted by molar-refractivity contribution is 7.80. The third-order valence-electron chi connectivity index (χ3n) is 4.23. The zero-order chi connectivity index (χ0) is 18.7. The third kappa shape index (κ3) is 3.92. The Morgan fingerprint density at radius 1 is 1.04 bits per heavy atom. The van der Waals surface area contributed by atoms with Gasteiger partial charge in [0.05, 0.1) is 18.2 Å². The molecule has 2 N–H and O–H groups in total. The minimum absolute atomic E-state index is 0.289. The molecule has 0 bridgehead atoms. The molecule has 26 heavy (non-hydrogen) atoms. The van der Waals surface area contributed by atoms with E-state index in [9.17, 15) is 18.7 Å². The van der Waals surface area contributed by atoms with E-state index in [4.69, 9.17) is 0 Å². The van der Waals surface area contributed by atoms with Gasteiger partial charge in [0.15, 0.2) is 0 Å². The molecule has 2 unspecified atom stereocenters. The van der Waals surface area contributed by atoms with Crippen LogP contribution in [-0.4, -0.2) is 19.8 Å². The van der Waals surface area contributed by atoms with E-state index in [1.807, 2.05) is 55.5 Å². The van der Waals surface area contributed by atoms with Crippen LogP contribution < -0.4 is 4.31 Å². The number of carbonyl (C=O) groups is 1. The van der Waals surface area contributed by atoms with Crippen LogP contribution in [0.15, 0.2) is 66.7 Å². The quantitative estimate of drug-likeness (QED) is 0.635. The highest BCUT2D eigenvalue weighted by Crippen LogP contribution is 2.33.